The van der Waals surface area contributed by atoms with E-state index in [4.69, 9.17) is 0 Å². The molecule has 1 amide bonds. The van der Waals surface area contributed by atoms with Crippen molar-refractivity contribution in [3.8, 4) is 0 Å². The van der Waals surface area contributed by atoms with Crippen molar-refractivity contribution in [2.24, 2.45) is 11.3 Å². The molecule has 2 nitrogen and oxygen atoms in total. The van der Waals surface area contributed by atoms with E-state index in [-0.39, 0.29) is 5.91 Å². The van der Waals surface area contributed by atoms with Gasteiger partial charge >= 0.3 is 0 Å². The minimum Gasteiger partial charge on any atom is -0.340 e. The first-order valence-corrected chi connectivity index (χ1v) is 5.63. The molecule has 1 heterocycles. The van der Waals surface area contributed by atoms with Crippen molar-refractivity contribution >= 4 is 5.91 Å². The highest BCUT2D eigenvalue weighted by molar-refractivity contribution is 5.74. The van der Waals surface area contributed by atoms with Crippen LogP contribution in [0.2, 0.25) is 0 Å². The number of likely N-dealkylation sites (tertiary alicyclic amines) is 1. The van der Waals surface area contributed by atoms with E-state index in [1.54, 1.807) is 6.92 Å². The number of carbonyl (C=O) groups is 1. The van der Waals surface area contributed by atoms with E-state index in [0.29, 0.717) is 17.4 Å². The van der Waals surface area contributed by atoms with Gasteiger partial charge in [-0.25, -0.2) is 0 Å². The summed E-state index contributed by atoms with van der Waals surface area (Å²) in [7, 11) is 0. The number of hydrogen-bond donors (Lipinski definition) is 0. The lowest BCUT2D eigenvalue weighted by atomic mass is 9.79. The zero-order valence-corrected chi connectivity index (χ0v) is 10.1. The molecule has 1 rings (SSSR count). The Labute approximate surface area is 87.7 Å². The van der Waals surface area contributed by atoms with Gasteiger partial charge in [-0.3, -0.25) is 4.79 Å². The Morgan fingerprint density at radius 2 is 2.00 bits per heavy atom. The van der Waals surface area contributed by atoms with Crippen molar-refractivity contribution in [2.75, 3.05) is 6.54 Å². The van der Waals surface area contributed by atoms with Crippen molar-refractivity contribution < 1.29 is 4.79 Å². The summed E-state index contributed by atoms with van der Waals surface area (Å²) in [6, 6.07) is 0.483. The Balaban J connectivity index is 2.70. The lowest BCUT2D eigenvalue weighted by molar-refractivity contribution is -0.129. The molecule has 0 aromatic carbocycles. The second kappa shape index (κ2) is 3.92. The molecule has 2 atom stereocenters. The third-order valence-electron chi connectivity index (χ3n) is 3.51. The Morgan fingerprint density at radius 3 is 2.29 bits per heavy atom. The van der Waals surface area contributed by atoms with Crippen molar-refractivity contribution in [1.29, 1.82) is 0 Å². The molecule has 82 valence electrons. The van der Waals surface area contributed by atoms with E-state index < -0.39 is 0 Å². The molecule has 1 aliphatic heterocycles. The summed E-state index contributed by atoms with van der Waals surface area (Å²) < 4.78 is 0. The standard InChI is InChI=1S/C12H23NO/c1-6-11-7-10(12(3,4)5)8-13(11)9(2)14/h10-11H,6-8H2,1-5H3. The van der Waals surface area contributed by atoms with Crippen LogP contribution in [-0.4, -0.2) is 23.4 Å². The smallest absolute Gasteiger partial charge is 0.219 e. The highest BCUT2D eigenvalue weighted by atomic mass is 16.2. The van der Waals surface area contributed by atoms with Gasteiger partial charge in [0.25, 0.3) is 0 Å². The van der Waals surface area contributed by atoms with Crippen molar-refractivity contribution in [3.63, 3.8) is 0 Å². The van der Waals surface area contributed by atoms with Crippen LogP contribution in [0.5, 0.6) is 0 Å². The minimum atomic E-state index is 0.239. The van der Waals surface area contributed by atoms with Crippen LogP contribution >= 0.6 is 0 Å². The first-order chi connectivity index (χ1) is 6.36. The van der Waals surface area contributed by atoms with Gasteiger partial charge in [0.1, 0.15) is 0 Å². The summed E-state index contributed by atoms with van der Waals surface area (Å²) in [5, 5.41) is 0. The van der Waals surface area contributed by atoms with Crippen molar-refractivity contribution in [3.05, 3.63) is 0 Å². The second-order valence-corrected chi connectivity index (χ2v) is 5.53. The lowest BCUT2D eigenvalue weighted by Crippen LogP contribution is -2.34. The van der Waals surface area contributed by atoms with Gasteiger partial charge in [-0.05, 0) is 24.2 Å². The van der Waals surface area contributed by atoms with Gasteiger partial charge in [-0.2, -0.15) is 0 Å². The van der Waals surface area contributed by atoms with Gasteiger partial charge < -0.3 is 4.90 Å². The fourth-order valence-electron chi connectivity index (χ4n) is 2.32. The molecule has 0 N–H and O–H groups in total. The van der Waals surface area contributed by atoms with Crippen molar-refractivity contribution in [2.45, 2.75) is 53.5 Å². The van der Waals surface area contributed by atoms with Crippen LogP contribution < -0.4 is 0 Å². The molecule has 0 aliphatic carbocycles. The summed E-state index contributed by atoms with van der Waals surface area (Å²) in [5.74, 6) is 0.903. The molecule has 2 heteroatoms. The fourth-order valence-corrected chi connectivity index (χ4v) is 2.32. The SMILES string of the molecule is CCC1CC(C(C)(C)C)CN1C(C)=O. The largest absolute Gasteiger partial charge is 0.340 e. The van der Waals surface area contributed by atoms with Gasteiger partial charge in [-0.1, -0.05) is 27.7 Å². The lowest BCUT2D eigenvalue weighted by Gasteiger charge is -2.26. The predicted octanol–water partition coefficient (Wildman–Crippen LogP) is 2.68. The molecule has 0 bridgehead atoms. The van der Waals surface area contributed by atoms with Gasteiger partial charge in [0.05, 0.1) is 0 Å². The average Bonchev–Trinajstić information content (AvgIpc) is 2.45. The van der Waals surface area contributed by atoms with Crippen LogP contribution in [0.15, 0.2) is 0 Å². The molecular weight excluding hydrogens is 174 g/mol. The highest BCUT2D eigenvalue weighted by Crippen LogP contribution is 2.37. The van der Waals surface area contributed by atoms with Crippen LogP contribution in [0.1, 0.15) is 47.5 Å². The summed E-state index contributed by atoms with van der Waals surface area (Å²) in [6.07, 6.45) is 2.27. The molecule has 0 radical (unpaired) electrons. The number of hydrogen-bond acceptors (Lipinski definition) is 1. The molecule has 0 saturated carbocycles. The normalized spacial score (nSPS) is 28.2. The first-order valence-electron chi connectivity index (χ1n) is 5.63. The van der Waals surface area contributed by atoms with Crippen LogP contribution in [-0.2, 0) is 4.79 Å². The van der Waals surface area contributed by atoms with Crippen LogP contribution in [0.25, 0.3) is 0 Å². The molecule has 0 aromatic rings. The van der Waals surface area contributed by atoms with Crippen molar-refractivity contribution in [1.82, 2.24) is 4.90 Å². The number of rotatable bonds is 1. The van der Waals surface area contributed by atoms with E-state index >= 15 is 0 Å². The maximum Gasteiger partial charge on any atom is 0.219 e. The fraction of sp³-hybridized carbons (Fsp3) is 0.917. The van der Waals surface area contributed by atoms with Crippen LogP contribution in [0.3, 0.4) is 0 Å². The number of amides is 1. The topological polar surface area (TPSA) is 20.3 Å². The second-order valence-electron chi connectivity index (χ2n) is 5.53. The Bertz CT molecular complexity index is 217. The maximum atomic E-state index is 11.4. The molecule has 1 fully saturated rings. The summed E-state index contributed by atoms with van der Waals surface area (Å²) in [5.41, 5.74) is 0.331. The Kier molecular flexibility index (Phi) is 3.23. The van der Waals surface area contributed by atoms with E-state index in [9.17, 15) is 4.79 Å². The number of nitrogens with zero attached hydrogens (tertiary/aromatic N) is 1. The molecule has 14 heavy (non-hydrogen) atoms. The highest BCUT2D eigenvalue weighted by Gasteiger charge is 2.38. The third kappa shape index (κ3) is 2.28. The van der Waals surface area contributed by atoms with E-state index in [1.807, 2.05) is 0 Å². The van der Waals surface area contributed by atoms with E-state index in [1.165, 1.54) is 6.42 Å². The molecule has 0 spiro atoms. The summed E-state index contributed by atoms with van der Waals surface area (Å²) in [4.78, 5) is 13.5. The van der Waals surface area contributed by atoms with E-state index in [2.05, 4.69) is 32.6 Å². The van der Waals surface area contributed by atoms with E-state index in [0.717, 1.165) is 13.0 Å². The Hall–Kier alpha value is -0.530. The van der Waals surface area contributed by atoms with Gasteiger partial charge in [-0.15, -0.1) is 0 Å². The summed E-state index contributed by atoms with van der Waals surface area (Å²) in [6.45, 7) is 11.6. The zero-order valence-electron chi connectivity index (χ0n) is 10.1. The number of carbonyl (C=O) groups excluding carboxylic acids is 1. The van der Waals surface area contributed by atoms with Gasteiger partial charge in [0.15, 0.2) is 0 Å². The molecule has 0 aromatic heterocycles. The zero-order chi connectivity index (χ0) is 10.9. The third-order valence-corrected chi connectivity index (χ3v) is 3.51. The van der Waals surface area contributed by atoms with Gasteiger partial charge in [0, 0.05) is 19.5 Å². The molecular formula is C12H23NO. The average molecular weight is 197 g/mol. The molecule has 1 saturated heterocycles. The maximum absolute atomic E-state index is 11.4. The molecule has 2 unspecified atom stereocenters. The summed E-state index contributed by atoms with van der Waals surface area (Å²) >= 11 is 0. The van der Waals surface area contributed by atoms with Crippen LogP contribution in [0, 0.1) is 11.3 Å². The monoisotopic (exact) mass is 197 g/mol. The Morgan fingerprint density at radius 1 is 1.43 bits per heavy atom. The molecule has 1 aliphatic rings. The quantitative estimate of drug-likeness (QED) is 0.633. The van der Waals surface area contributed by atoms with Crippen LogP contribution in [0.4, 0.5) is 0 Å². The predicted molar refractivity (Wildman–Crippen MR) is 59.0 cm³/mol. The van der Waals surface area contributed by atoms with Gasteiger partial charge in [0.2, 0.25) is 5.91 Å². The first kappa shape index (κ1) is 11.5. The minimum absolute atomic E-state index is 0.239.